The number of pyridine rings is 1. The fourth-order valence-corrected chi connectivity index (χ4v) is 1.71. The Morgan fingerprint density at radius 1 is 1.32 bits per heavy atom. The Morgan fingerprint density at radius 3 is 2.74 bits per heavy atom. The van der Waals surface area contributed by atoms with Crippen LogP contribution in [0.4, 0.5) is 10.6 Å². The van der Waals surface area contributed by atoms with Gasteiger partial charge in [0.2, 0.25) is 0 Å². The molecule has 2 heterocycles. The highest BCUT2D eigenvalue weighted by molar-refractivity contribution is 5.89. The molecular weight excluding hydrogens is 242 g/mol. The first-order chi connectivity index (χ1) is 9.06. The van der Waals surface area contributed by atoms with Crippen LogP contribution in [0.5, 0.6) is 0 Å². The highest BCUT2D eigenvalue weighted by Crippen LogP contribution is 2.16. The summed E-state index contributed by atoms with van der Waals surface area (Å²) in [5, 5.41) is 5.52. The third kappa shape index (κ3) is 3.34. The van der Waals surface area contributed by atoms with Gasteiger partial charge in [-0.3, -0.25) is 5.32 Å². The molecule has 0 aliphatic carbocycles. The molecule has 5 heteroatoms. The number of aryl methyl sites for hydroxylation is 2. The van der Waals surface area contributed by atoms with E-state index in [1.807, 2.05) is 45.0 Å². The van der Waals surface area contributed by atoms with Gasteiger partial charge in [-0.15, -0.1) is 0 Å². The van der Waals surface area contributed by atoms with E-state index < -0.39 is 0 Å². The van der Waals surface area contributed by atoms with Crippen molar-refractivity contribution in [1.82, 2.24) is 10.3 Å². The molecule has 0 saturated heterocycles. The second kappa shape index (κ2) is 5.56. The van der Waals surface area contributed by atoms with E-state index in [9.17, 15) is 4.79 Å². The molecule has 0 saturated carbocycles. The number of aromatic nitrogens is 1. The summed E-state index contributed by atoms with van der Waals surface area (Å²) in [6, 6.07) is 6.94. The van der Waals surface area contributed by atoms with Gasteiger partial charge in [-0.05, 0) is 44.5 Å². The molecule has 2 aromatic rings. The fourth-order valence-electron chi connectivity index (χ4n) is 1.71. The number of furan rings is 1. The SMILES string of the molecule is Cc1ccc([C@@H](C)NC(=O)Nc2ncccc2C)o1. The number of rotatable bonds is 3. The average molecular weight is 259 g/mol. The molecule has 0 aromatic carbocycles. The van der Waals surface area contributed by atoms with E-state index in [0.29, 0.717) is 5.82 Å². The lowest BCUT2D eigenvalue weighted by atomic mass is 10.2. The largest absolute Gasteiger partial charge is 0.464 e. The number of carbonyl (C=O) groups is 1. The van der Waals surface area contributed by atoms with Crippen molar-refractivity contribution in [2.24, 2.45) is 0 Å². The van der Waals surface area contributed by atoms with Gasteiger partial charge in [-0.2, -0.15) is 0 Å². The van der Waals surface area contributed by atoms with Crippen LogP contribution in [0.25, 0.3) is 0 Å². The molecular formula is C14H17N3O2. The summed E-state index contributed by atoms with van der Waals surface area (Å²) in [5.41, 5.74) is 0.916. The summed E-state index contributed by atoms with van der Waals surface area (Å²) in [6.45, 7) is 5.62. The number of nitrogens with one attached hydrogen (secondary N) is 2. The van der Waals surface area contributed by atoms with Crippen LogP contribution in [-0.4, -0.2) is 11.0 Å². The average Bonchev–Trinajstić information content (AvgIpc) is 2.79. The fraction of sp³-hybridized carbons (Fsp3) is 0.286. The van der Waals surface area contributed by atoms with E-state index in [0.717, 1.165) is 17.1 Å². The highest BCUT2D eigenvalue weighted by Gasteiger charge is 2.13. The molecule has 0 bridgehead atoms. The number of hydrogen-bond acceptors (Lipinski definition) is 3. The zero-order valence-electron chi connectivity index (χ0n) is 11.2. The highest BCUT2D eigenvalue weighted by atomic mass is 16.3. The van der Waals surface area contributed by atoms with Crippen molar-refractivity contribution in [3.05, 3.63) is 47.5 Å². The monoisotopic (exact) mass is 259 g/mol. The minimum Gasteiger partial charge on any atom is -0.464 e. The summed E-state index contributed by atoms with van der Waals surface area (Å²) >= 11 is 0. The Balaban J connectivity index is 1.96. The molecule has 19 heavy (non-hydrogen) atoms. The summed E-state index contributed by atoms with van der Waals surface area (Å²) in [4.78, 5) is 16.0. The van der Waals surface area contributed by atoms with E-state index in [-0.39, 0.29) is 12.1 Å². The Morgan fingerprint density at radius 2 is 2.11 bits per heavy atom. The maximum Gasteiger partial charge on any atom is 0.320 e. The van der Waals surface area contributed by atoms with Gasteiger partial charge >= 0.3 is 6.03 Å². The predicted molar refractivity (Wildman–Crippen MR) is 73.0 cm³/mol. The zero-order chi connectivity index (χ0) is 13.8. The molecule has 1 atom stereocenters. The van der Waals surface area contributed by atoms with Gasteiger partial charge in [-0.1, -0.05) is 6.07 Å². The predicted octanol–water partition coefficient (Wildman–Crippen LogP) is 3.17. The standard InChI is InChI=1S/C14H17N3O2/c1-9-5-4-8-15-13(9)17-14(18)16-11(3)12-7-6-10(2)19-12/h4-8,11H,1-3H3,(H2,15,16,17,18)/t11-/m1/s1. The van der Waals surface area contributed by atoms with E-state index in [1.54, 1.807) is 6.20 Å². The van der Waals surface area contributed by atoms with Crippen molar-refractivity contribution in [3.8, 4) is 0 Å². The van der Waals surface area contributed by atoms with Gasteiger partial charge in [0.05, 0.1) is 6.04 Å². The Labute approximate surface area is 112 Å². The molecule has 0 unspecified atom stereocenters. The van der Waals surface area contributed by atoms with Crippen LogP contribution in [0.15, 0.2) is 34.9 Å². The molecule has 2 rings (SSSR count). The Hall–Kier alpha value is -2.30. The lowest BCUT2D eigenvalue weighted by Crippen LogP contribution is -2.31. The van der Waals surface area contributed by atoms with Crippen molar-refractivity contribution in [2.45, 2.75) is 26.8 Å². The minimum absolute atomic E-state index is 0.197. The number of hydrogen-bond donors (Lipinski definition) is 2. The smallest absolute Gasteiger partial charge is 0.320 e. The molecule has 100 valence electrons. The first-order valence-corrected chi connectivity index (χ1v) is 6.11. The molecule has 0 aliphatic rings. The molecule has 0 spiro atoms. The minimum atomic E-state index is -0.302. The van der Waals surface area contributed by atoms with Crippen LogP contribution in [0.2, 0.25) is 0 Å². The molecule has 5 nitrogen and oxygen atoms in total. The third-order valence-electron chi connectivity index (χ3n) is 2.78. The van der Waals surface area contributed by atoms with Gasteiger partial charge < -0.3 is 9.73 Å². The lowest BCUT2D eigenvalue weighted by molar-refractivity contribution is 0.247. The van der Waals surface area contributed by atoms with Crippen molar-refractivity contribution in [1.29, 1.82) is 0 Å². The van der Waals surface area contributed by atoms with E-state index >= 15 is 0 Å². The first kappa shape index (κ1) is 13.1. The van der Waals surface area contributed by atoms with Gasteiger partial charge in [-0.25, -0.2) is 9.78 Å². The summed E-state index contributed by atoms with van der Waals surface area (Å²) in [6.07, 6.45) is 1.64. The zero-order valence-corrected chi connectivity index (χ0v) is 11.2. The molecule has 0 fully saturated rings. The first-order valence-electron chi connectivity index (χ1n) is 6.11. The number of urea groups is 1. The van der Waals surface area contributed by atoms with Gasteiger partial charge in [0.1, 0.15) is 17.3 Å². The van der Waals surface area contributed by atoms with Gasteiger partial charge in [0.25, 0.3) is 0 Å². The second-order valence-corrected chi connectivity index (χ2v) is 4.44. The van der Waals surface area contributed by atoms with Crippen molar-refractivity contribution in [3.63, 3.8) is 0 Å². The Kier molecular flexibility index (Phi) is 3.85. The quantitative estimate of drug-likeness (QED) is 0.889. The second-order valence-electron chi connectivity index (χ2n) is 4.44. The maximum absolute atomic E-state index is 11.9. The molecule has 2 aromatic heterocycles. The van der Waals surface area contributed by atoms with Gasteiger partial charge in [0, 0.05) is 6.20 Å². The van der Waals surface area contributed by atoms with Gasteiger partial charge in [0.15, 0.2) is 0 Å². The van der Waals surface area contributed by atoms with Crippen LogP contribution in [0.1, 0.15) is 30.0 Å². The number of anilines is 1. The summed E-state index contributed by atoms with van der Waals surface area (Å²) < 4.78 is 5.46. The molecule has 0 radical (unpaired) electrons. The van der Waals surface area contributed by atoms with E-state index in [1.165, 1.54) is 0 Å². The third-order valence-corrected chi connectivity index (χ3v) is 2.78. The van der Waals surface area contributed by atoms with Crippen LogP contribution >= 0.6 is 0 Å². The summed E-state index contributed by atoms with van der Waals surface area (Å²) in [5.74, 6) is 2.11. The number of amides is 2. The maximum atomic E-state index is 11.9. The molecule has 0 aliphatic heterocycles. The number of nitrogens with zero attached hydrogens (tertiary/aromatic N) is 1. The Bertz CT molecular complexity index is 578. The van der Waals surface area contributed by atoms with E-state index in [2.05, 4.69) is 15.6 Å². The summed E-state index contributed by atoms with van der Waals surface area (Å²) in [7, 11) is 0. The van der Waals surface area contributed by atoms with Crippen LogP contribution < -0.4 is 10.6 Å². The van der Waals surface area contributed by atoms with Crippen LogP contribution in [0, 0.1) is 13.8 Å². The van der Waals surface area contributed by atoms with Crippen LogP contribution in [0.3, 0.4) is 0 Å². The lowest BCUT2D eigenvalue weighted by Gasteiger charge is -2.13. The van der Waals surface area contributed by atoms with Crippen molar-refractivity contribution >= 4 is 11.8 Å². The topological polar surface area (TPSA) is 67.2 Å². The van der Waals surface area contributed by atoms with Crippen LogP contribution in [-0.2, 0) is 0 Å². The van der Waals surface area contributed by atoms with Crippen molar-refractivity contribution < 1.29 is 9.21 Å². The van der Waals surface area contributed by atoms with Crippen molar-refractivity contribution in [2.75, 3.05) is 5.32 Å². The molecule has 2 amide bonds. The molecule has 2 N–H and O–H groups in total. The van der Waals surface area contributed by atoms with E-state index in [4.69, 9.17) is 4.42 Å². The normalized spacial score (nSPS) is 11.9. The number of carbonyl (C=O) groups excluding carboxylic acids is 1.